The number of amides is 1. The second kappa shape index (κ2) is 23.7. The summed E-state index contributed by atoms with van der Waals surface area (Å²) in [5.74, 6) is 0.408. The van der Waals surface area contributed by atoms with Crippen molar-refractivity contribution in [3.05, 3.63) is 0 Å². The van der Waals surface area contributed by atoms with Crippen molar-refractivity contribution in [1.82, 2.24) is 4.90 Å². The maximum atomic E-state index is 12.6. The van der Waals surface area contributed by atoms with Gasteiger partial charge in [0, 0.05) is 19.5 Å². The molecule has 1 amide bonds. The Balaban J connectivity index is 3.83. The smallest absolute Gasteiger partial charge is 0.222 e. The average Bonchev–Trinajstić information content (AvgIpc) is 2.73. The van der Waals surface area contributed by atoms with Crippen LogP contribution in [0.3, 0.4) is 0 Å². The van der Waals surface area contributed by atoms with Gasteiger partial charge in [0.25, 0.3) is 0 Å². The van der Waals surface area contributed by atoms with Crippen molar-refractivity contribution in [2.75, 3.05) is 13.1 Å². The van der Waals surface area contributed by atoms with Gasteiger partial charge in [0.05, 0.1) is 0 Å². The number of hydrogen-bond acceptors (Lipinski definition) is 1. The fourth-order valence-electron chi connectivity index (χ4n) is 4.07. The molecule has 0 atom stereocenters. The Morgan fingerprint density at radius 3 is 1.10 bits per heavy atom. The van der Waals surface area contributed by atoms with Gasteiger partial charge in [0.15, 0.2) is 0 Å². The lowest BCUT2D eigenvalue weighted by Gasteiger charge is -2.23. The van der Waals surface area contributed by atoms with Gasteiger partial charge in [-0.1, -0.05) is 130 Å². The fourth-order valence-corrected chi connectivity index (χ4v) is 4.07. The molecule has 2 heteroatoms. The zero-order valence-electron chi connectivity index (χ0n) is 20.6. The molecule has 0 saturated heterocycles. The molecule has 0 aromatic carbocycles. The van der Waals surface area contributed by atoms with Crippen molar-refractivity contribution in [2.45, 2.75) is 156 Å². The minimum absolute atomic E-state index is 0.408. The molecule has 0 rings (SSSR count). The first kappa shape index (κ1) is 28.5. The van der Waals surface area contributed by atoms with E-state index in [9.17, 15) is 4.79 Å². The highest BCUT2D eigenvalue weighted by Crippen LogP contribution is 2.13. The van der Waals surface area contributed by atoms with Crippen LogP contribution in [0.25, 0.3) is 0 Å². The molecule has 0 aliphatic carbocycles. The summed E-state index contributed by atoms with van der Waals surface area (Å²) >= 11 is 0. The molecule has 0 aromatic rings. The van der Waals surface area contributed by atoms with Gasteiger partial charge >= 0.3 is 0 Å². The van der Waals surface area contributed by atoms with Gasteiger partial charge in [0.1, 0.15) is 0 Å². The third kappa shape index (κ3) is 20.5. The Hall–Kier alpha value is -0.530. The first-order chi connectivity index (χ1) is 14.3. The van der Waals surface area contributed by atoms with E-state index in [2.05, 4.69) is 25.7 Å². The average molecular weight is 410 g/mol. The van der Waals surface area contributed by atoms with Gasteiger partial charge in [-0.15, -0.1) is 0 Å². The predicted octanol–water partition coefficient (Wildman–Crippen LogP) is 9.07. The number of unbranched alkanes of at least 4 members (excludes halogenated alkanes) is 17. The largest absolute Gasteiger partial charge is 0.343 e. The first-order valence-electron chi connectivity index (χ1n) is 13.5. The molecule has 0 N–H and O–H groups in total. The molecule has 0 bridgehead atoms. The Kier molecular flexibility index (Phi) is 23.3. The maximum absolute atomic E-state index is 12.6. The van der Waals surface area contributed by atoms with Crippen LogP contribution in [0.15, 0.2) is 0 Å². The highest BCUT2D eigenvalue weighted by atomic mass is 16.2. The second-order valence-electron chi connectivity index (χ2n) is 9.14. The number of nitrogens with zero attached hydrogens (tertiary/aromatic N) is 1. The number of rotatable bonds is 23. The van der Waals surface area contributed by atoms with Crippen molar-refractivity contribution in [2.24, 2.45) is 0 Å². The van der Waals surface area contributed by atoms with E-state index in [1.54, 1.807) is 0 Å². The molecule has 2 nitrogen and oxygen atoms in total. The van der Waals surface area contributed by atoms with Crippen LogP contribution >= 0.6 is 0 Å². The molecule has 0 saturated carbocycles. The molecule has 29 heavy (non-hydrogen) atoms. The molecule has 0 spiro atoms. The van der Waals surface area contributed by atoms with E-state index < -0.39 is 0 Å². The van der Waals surface area contributed by atoms with Gasteiger partial charge in [-0.05, 0) is 19.3 Å². The van der Waals surface area contributed by atoms with Crippen molar-refractivity contribution in [3.8, 4) is 0 Å². The Morgan fingerprint density at radius 2 is 0.759 bits per heavy atom. The SMILES string of the molecule is CCCCCCCCCCCN(CCCCCCCCCCC)C(=O)CCCC. The first-order valence-corrected chi connectivity index (χ1v) is 13.5. The van der Waals surface area contributed by atoms with E-state index >= 15 is 0 Å². The summed E-state index contributed by atoms with van der Waals surface area (Å²) in [6, 6.07) is 0. The van der Waals surface area contributed by atoms with Crippen LogP contribution in [-0.2, 0) is 4.79 Å². The quantitative estimate of drug-likeness (QED) is 0.154. The zero-order valence-corrected chi connectivity index (χ0v) is 20.6. The Morgan fingerprint density at radius 1 is 0.448 bits per heavy atom. The highest BCUT2D eigenvalue weighted by Gasteiger charge is 2.12. The van der Waals surface area contributed by atoms with E-state index in [0.717, 1.165) is 32.4 Å². The number of hydrogen-bond donors (Lipinski definition) is 0. The van der Waals surface area contributed by atoms with Crippen LogP contribution < -0.4 is 0 Å². The molecule has 0 aromatic heterocycles. The van der Waals surface area contributed by atoms with Gasteiger partial charge < -0.3 is 4.90 Å². The monoisotopic (exact) mass is 409 g/mol. The van der Waals surface area contributed by atoms with E-state index in [1.165, 1.54) is 116 Å². The Labute approximate surface area is 184 Å². The molecule has 0 aliphatic heterocycles. The predicted molar refractivity (Wildman–Crippen MR) is 131 cm³/mol. The summed E-state index contributed by atoms with van der Waals surface area (Å²) in [5, 5.41) is 0. The van der Waals surface area contributed by atoms with Crippen LogP contribution in [0.5, 0.6) is 0 Å². The normalized spacial score (nSPS) is 11.1. The molecular formula is C27H55NO. The van der Waals surface area contributed by atoms with Gasteiger partial charge in [-0.2, -0.15) is 0 Å². The highest BCUT2D eigenvalue weighted by molar-refractivity contribution is 5.76. The van der Waals surface area contributed by atoms with E-state index in [4.69, 9.17) is 0 Å². The maximum Gasteiger partial charge on any atom is 0.222 e. The van der Waals surface area contributed by atoms with E-state index in [0.29, 0.717) is 5.91 Å². The zero-order chi connectivity index (χ0) is 21.4. The summed E-state index contributed by atoms with van der Waals surface area (Å²) in [6.45, 7) is 8.73. The number of carbonyl (C=O) groups excluding carboxylic acids is 1. The summed E-state index contributed by atoms with van der Waals surface area (Å²) in [7, 11) is 0. The van der Waals surface area contributed by atoms with Crippen LogP contribution in [0.4, 0.5) is 0 Å². The molecule has 0 fully saturated rings. The molecule has 0 unspecified atom stereocenters. The fraction of sp³-hybridized carbons (Fsp3) is 0.963. The van der Waals surface area contributed by atoms with Crippen molar-refractivity contribution >= 4 is 5.91 Å². The molecule has 0 radical (unpaired) electrons. The van der Waals surface area contributed by atoms with Gasteiger partial charge in [-0.25, -0.2) is 0 Å². The van der Waals surface area contributed by atoms with Gasteiger partial charge in [-0.3, -0.25) is 4.79 Å². The minimum Gasteiger partial charge on any atom is -0.343 e. The summed E-state index contributed by atoms with van der Waals surface area (Å²) in [4.78, 5) is 14.8. The third-order valence-corrected chi connectivity index (χ3v) is 6.16. The van der Waals surface area contributed by atoms with Crippen molar-refractivity contribution < 1.29 is 4.79 Å². The topological polar surface area (TPSA) is 20.3 Å². The summed E-state index contributed by atoms with van der Waals surface area (Å²) in [6.07, 6.45) is 27.3. The minimum atomic E-state index is 0.408. The van der Waals surface area contributed by atoms with Crippen LogP contribution in [0, 0.1) is 0 Å². The molecule has 174 valence electrons. The summed E-state index contributed by atoms with van der Waals surface area (Å²) < 4.78 is 0. The van der Waals surface area contributed by atoms with Crippen LogP contribution in [-0.4, -0.2) is 23.9 Å². The lowest BCUT2D eigenvalue weighted by molar-refractivity contribution is -0.131. The summed E-state index contributed by atoms with van der Waals surface area (Å²) in [5.41, 5.74) is 0. The standard InChI is InChI=1S/C27H55NO/c1-4-7-10-12-14-16-18-20-22-25-28(27(29)24-9-6-3)26-23-21-19-17-15-13-11-8-5-2/h4-26H2,1-3H3. The van der Waals surface area contributed by atoms with Crippen LogP contribution in [0.2, 0.25) is 0 Å². The second-order valence-corrected chi connectivity index (χ2v) is 9.14. The lowest BCUT2D eigenvalue weighted by Crippen LogP contribution is -2.32. The van der Waals surface area contributed by atoms with E-state index in [-0.39, 0.29) is 0 Å². The number of carbonyl (C=O) groups is 1. The van der Waals surface area contributed by atoms with Crippen molar-refractivity contribution in [3.63, 3.8) is 0 Å². The third-order valence-electron chi connectivity index (χ3n) is 6.16. The molecule has 0 aliphatic rings. The van der Waals surface area contributed by atoms with E-state index in [1.807, 2.05) is 0 Å². The van der Waals surface area contributed by atoms with Crippen LogP contribution in [0.1, 0.15) is 156 Å². The molecule has 0 heterocycles. The van der Waals surface area contributed by atoms with Gasteiger partial charge in [0.2, 0.25) is 5.91 Å². The lowest BCUT2D eigenvalue weighted by atomic mass is 10.1. The molecular weight excluding hydrogens is 354 g/mol. The van der Waals surface area contributed by atoms with Crippen molar-refractivity contribution in [1.29, 1.82) is 0 Å². The Bertz CT molecular complexity index is 306.